The Kier molecular flexibility index (Phi) is 7.00. The van der Waals surface area contributed by atoms with Crippen molar-refractivity contribution in [2.75, 3.05) is 19.8 Å². The zero-order valence-electron chi connectivity index (χ0n) is 15.8. The predicted molar refractivity (Wildman–Crippen MR) is 104 cm³/mol. The maximum absolute atomic E-state index is 11.1. The van der Waals surface area contributed by atoms with Crippen LogP contribution in [-0.2, 0) is 22.5 Å². The monoisotopic (exact) mass is 384 g/mol. The SMILES string of the molecule is CCOC(Cc1ccc(OCCNCc2nc3ccccc3o2)cc1)C(=O)O. The molecule has 0 spiro atoms. The number of ether oxygens (including phenoxy) is 2. The number of fused-ring (bicyclic) bond motifs is 1. The van der Waals surface area contributed by atoms with E-state index in [9.17, 15) is 4.79 Å². The van der Waals surface area contributed by atoms with Crippen molar-refractivity contribution in [1.29, 1.82) is 0 Å². The van der Waals surface area contributed by atoms with Crippen LogP contribution in [0.4, 0.5) is 0 Å². The molecule has 28 heavy (non-hydrogen) atoms. The lowest BCUT2D eigenvalue weighted by atomic mass is 10.1. The summed E-state index contributed by atoms with van der Waals surface area (Å²) >= 11 is 0. The number of aromatic nitrogens is 1. The van der Waals surface area contributed by atoms with E-state index in [-0.39, 0.29) is 0 Å². The molecule has 1 unspecified atom stereocenters. The second-order valence-corrected chi connectivity index (χ2v) is 6.23. The molecule has 3 rings (SSSR count). The van der Waals surface area contributed by atoms with Crippen LogP contribution in [0.5, 0.6) is 5.75 Å². The van der Waals surface area contributed by atoms with E-state index < -0.39 is 12.1 Å². The van der Waals surface area contributed by atoms with Gasteiger partial charge in [-0.3, -0.25) is 0 Å². The molecule has 3 aromatic rings. The van der Waals surface area contributed by atoms with Crippen LogP contribution < -0.4 is 10.1 Å². The normalized spacial score (nSPS) is 12.2. The van der Waals surface area contributed by atoms with Crippen LogP contribution in [0.25, 0.3) is 11.1 Å². The molecule has 2 aromatic carbocycles. The first kappa shape index (κ1) is 19.9. The first-order valence-electron chi connectivity index (χ1n) is 9.27. The molecule has 0 fully saturated rings. The number of carboxylic acid groups (broad SMARTS) is 1. The second-order valence-electron chi connectivity index (χ2n) is 6.23. The molecule has 0 aliphatic rings. The van der Waals surface area contributed by atoms with Gasteiger partial charge in [0, 0.05) is 19.6 Å². The maximum atomic E-state index is 11.1. The number of carboxylic acids is 1. The number of hydrogen-bond acceptors (Lipinski definition) is 6. The lowest BCUT2D eigenvalue weighted by molar-refractivity contribution is -0.149. The van der Waals surface area contributed by atoms with E-state index in [1.54, 1.807) is 6.92 Å². The molecular weight excluding hydrogens is 360 g/mol. The number of nitrogens with zero attached hydrogens (tertiary/aromatic N) is 1. The summed E-state index contributed by atoms with van der Waals surface area (Å²) < 4.78 is 16.6. The van der Waals surface area contributed by atoms with E-state index in [4.69, 9.17) is 19.0 Å². The summed E-state index contributed by atoms with van der Waals surface area (Å²) in [4.78, 5) is 15.6. The Labute approximate surface area is 163 Å². The van der Waals surface area contributed by atoms with Crippen LogP contribution in [0.15, 0.2) is 52.9 Å². The molecule has 0 aliphatic carbocycles. The zero-order valence-corrected chi connectivity index (χ0v) is 15.8. The molecule has 0 saturated heterocycles. The minimum Gasteiger partial charge on any atom is -0.492 e. The van der Waals surface area contributed by atoms with Gasteiger partial charge < -0.3 is 24.3 Å². The fourth-order valence-corrected chi connectivity index (χ4v) is 2.79. The number of rotatable bonds is 11. The Morgan fingerprint density at radius 2 is 2.00 bits per heavy atom. The number of nitrogens with one attached hydrogen (secondary N) is 1. The van der Waals surface area contributed by atoms with E-state index >= 15 is 0 Å². The molecule has 1 heterocycles. The predicted octanol–water partition coefficient (Wildman–Crippen LogP) is 3.03. The van der Waals surface area contributed by atoms with Gasteiger partial charge in [0.2, 0.25) is 5.89 Å². The average molecular weight is 384 g/mol. The summed E-state index contributed by atoms with van der Waals surface area (Å²) in [5.41, 5.74) is 2.53. The summed E-state index contributed by atoms with van der Waals surface area (Å²) in [5.74, 6) is 0.427. The van der Waals surface area contributed by atoms with Crippen molar-refractivity contribution in [1.82, 2.24) is 10.3 Å². The molecule has 0 saturated carbocycles. The molecule has 2 N–H and O–H groups in total. The molecule has 1 atom stereocenters. The summed E-state index contributed by atoms with van der Waals surface area (Å²) in [6.07, 6.45) is -0.497. The van der Waals surface area contributed by atoms with E-state index in [1.807, 2.05) is 48.5 Å². The van der Waals surface area contributed by atoms with Crippen molar-refractivity contribution in [2.45, 2.75) is 26.0 Å². The van der Waals surface area contributed by atoms with Crippen molar-refractivity contribution >= 4 is 17.1 Å². The third-order valence-electron chi connectivity index (χ3n) is 4.15. The van der Waals surface area contributed by atoms with Crippen LogP contribution in [-0.4, -0.2) is 41.9 Å². The van der Waals surface area contributed by atoms with E-state index in [0.29, 0.717) is 38.6 Å². The summed E-state index contributed by atoms with van der Waals surface area (Å²) in [5, 5.41) is 12.4. The maximum Gasteiger partial charge on any atom is 0.333 e. The van der Waals surface area contributed by atoms with Gasteiger partial charge in [-0.1, -0.05) is 24.3 Å². The molecule has 0 bridgehead atoms. The first-order chi connectivity index (χ1) is 13.7. The highest BCUT2D eigenvalue weighted by atomic mass is 16.5. The Bertz CT molecular complexity index is 858. The summed E-state index contributed by atoms with van der Waals surface area (Å²) in [6.45, 7) is 3.83. The highest BCUT2D eigenvalue weighted by molar-refractivity contribution is 5.73. The van der Waals surface area contributed by atoms with Gasteiger partial charge >= 0.3 is 5.97 Å². The van der Waals surface area contributed by atoms with Crippen LogP contribution in [0.1, 0.15) is 18.4 Å². The van der Waals surface area contributed by atoms with Crippen LogP contribution >= 0.6 is 0 Å². The lowest BCUT2D eigenvalue weighted by Gasteiger charge is -2.13. The molecule has 148 valence electrons. The number of para-hydroxylation sites is 2. The standard InChI is InChI=1S/C21H24N2O5/c1-2-26-19(21(24)25)13-15-7-9-16(10-8-15)27-12-11-22-14-20-23-17-5-3-4-6-18(17)28-20/h3-10,19,22H,2,11-14H2,1H3,(H,24,25). The quantitative estimate of drug-likeness (QED) is 0.491. The molecule has 0 radical (unpaired) electrons. The number of oxazole rings is 1. The summed E-state index contributed by atoms with van der Waals surface area (Å²) in [7, 11) is 0. The topological polar surface area (TPSA) is 93.8 Å². The van der Waals surface area contributed by atoms with Gasteiger partial charge in [0.25, 0.3) is 0 Å². The fraction of sp³-hybridized carbons (Fsp3) is 0.333. The number of hydrogen-bond donors (Lipinski definition) is 2. The zero-order chi connectivity index (χ0) is 19.8. The van der Waals surface area contributed by atoms with Crippen molar-refractivity contribution in [3.05, 3.63) is 60.0 Å². The van der Waals surface area contributed by atoms with Crippen molar-refractivity contribution < 1.29 is 23.8 Å². The highest BCUT2D eigenvalue weighted by Gasteiger charge is 2.17. The fourth-order valence-electron chi connectivity index (χ4n) is 2.79. The van der Waals surface area contributed by atoms with Crippen molar-refractivity contribution in [2.24, 2.45) is 0 Å². The average Bonchev–Trinajstić information content (AvgIpc) is 3.11. The third kappa shape index (κ3) is 5.55. The van der Waals surface area contributed by atoms with E-state index in [1.165, 1.54) is 0 Å². The minimum absolute atomic E-state index is 0.329. The molecule has 1 aromatic heterocycles. The molecule has 7 heteroatoms. The Balaban J connectivity index is 1.39. The largest absolute Gasteiger partial charge is 0.492 e. The number of aliphatic carboxylic acids is 1. The van der Waals surface area contributed by atoms with E-state index in [0.717, 1.165) is 22.4 Å². The van der Waals surface area contributed by atoms with Gasteiger partial charge in [-0.05, 0) is 36.8 Å². The number of carbonyl (C=O) groups is 1. The first-order valence-corrected chi connectivity index (χ1v) is 9.27. The van der Waals surface area contributed by atoms with Crippen LogP contribution in [0, 0.1) is 0 Å². The Hall–Kier alpha value is -2.90. The van der Waals surface area contributed by atoms with Gasteiger partial charge in [-0.15, -0.1) is 0 Å². The minimum atomic E-state index is -0.952. The van der Waals surface area contributed by atoms with Gasteiger partial charge in [0.1, 0.15) is 17.9 Å². The molecule has 0 amide bonds. The molecule has 7 nitrogen and oxygen atoms in total. The number of benzene rings is 2. The van der Waals surface area contributed by atoms with Gasteiger partial charge in [-0.2, -0.15) is 0 Å². The molecular formula is C21H24N2O5. The van der Waals surface area contributed by atoms with Crippen LogP contribution in [0.2, 0.25) is 0 Å². The van der Waals surface area contributed by atoms with Crippen molar-refractivity contribution in [3.63, 3.8) is 0 Å². The third-order valence-corrected chi connectivity index (χ3v) is 4.15. The Morgan fingerprint density at radius 3 is 2.71 bits per heavy atom. The van der Waals surface area contributed by atoms with Crippen molar-refractivity contribution in [3.8, 4) is 5.75 Å². The second kappa shape index (κ2) is 9.87. The van der Waals surface area contributed by atoms with E-state index in [2.05, 4.69) is 10.3 Å². The highest BCUT2D eigenvalue weighted by Crippen LogP contribution is 2.15. The van der Waals surface area contributed by atoms with Gasteiger partial charge in [-0.25, -0.2) is 9.78 Å². The molecule has 0 aliphatic heterocycles. The summed E-state index contributed by atoms with van der Waals surface area (Å²) in [6, 6.07) is 15.0. The Morgan fingerprint density at radius 1 is 1.21 bits per heavy atom. The lowest BCUT2D eigenvalue weighted by Crippen LogP contribution is -2.26. The van der Waals surface area contributed by atoms with Gasteiger partial charge in [0.15, 0.2) is 11.7 Å². The smallest absolute Gasteiger partial charge is 0.333 e. The van der Waals surface area contributed by atoms with Crippen LogP contribution in [0.3, 0.4) is 0 Å². The van der Waals surface area contributed by atoms with Gasteiger partial charge in [0.05, 0.1) is 6.54 Å².